The van der Waals surface area contributed by atoms with Crippen LogP contribution in [-0.4, -0.2) is 57.9 Å². The van der Waals surface area contributed by atoms with Gasteiger partial charge in [-0.05, 0) is 13.8 Å². The van der Waals surface area contributed by atoms with Gasteiger partial charge >= 0.3 is 0 Å². The van der Waals surface area contributed by atoms with Gasteiger partial charge in [-0.2, -0.15) is 12.6 Å². The summed E-state index contributed by atoms with van der Waals surface area (Å²) >= 11 is 4.07. The molecule has 3 N–H and O–H groups in total. The highest BCUT2D eigenvalue weighted by Gasteiger charge is 2.43. The lowest BCUT2D eigenvalue weighted by Crippen LogP contribution is -2.57. The van der Waals surface area contributed by atoms with Crippen molar-refractivity contribution in [3.05, 3.63) is 0 Å². The second kappa shape index (κ2) is 5.47. The molecule has 0 radical (unpaired) electrons. The minimum atomic E-state index is -1.14. The molecule has 1 aliphatic rings. The lowest BCUT2D eigenvalue weighted by Gasteiger charge is -2.40. The molecule has 0 aliphatic carbocycles. The van der Waals surface area contributed by atoms with E-state index >= 15 is 0 Å². The fraction of sp³-hybridized carbons (Fsp3) is 1.00. The molecule has 0 aromatic rings. The van der Waals surface area contributed by atoms with Crippen LogP contribution in [0.1, 0.15) is 13.8 Å². The topological polar surface area (TPSA) is 79.2 Å². The molecule has 1 aliphatic heterocycles. The number of thiol groups is 1. The Balaban J connectivity index is 2.65. The highest BCUT2D eigenvalue weighted by Crippen LogP contribution is 2.25. The van der Waals surface area contributed by atoms with Crippen LogP contribution < -0.4 is 0 Å². The molecular weight excluding hydrogens is 220 g/mol. The van der Waals surface area contributed by atoms with Crippen molar-refractivity contribution in [2.24, 2.45) is 0 Å². The molecule has 1 rings (SSSR count). The van der Waals surface area contributed by atoms with Gasteiger partial charge in [-0.15, -0.1) is 0 Å². The third-order valence-electron chi connectivity index (χ3n) is 2.25. The maximum atomic E-state index is 9.64. The van der Waals surface area contributed by atoms with Crippen LogP contribution in [0, 0.1) is 0 Å². The number of ether oxygens (including phenoxy) is 2. The van der Waals surface area contributed by atoms with Crippen LogP contribution in [0.5, 0.6) is 0 Å². The van der Waals surface area contributed by atoms with Gasteiger partial charge in [0.15, 0.2) is 6.29 Å². The molecule has 1 heterocycles. The third kappa shape index (κ3) is 3.05. The first kappa shape index (κ1) is 13.2. The van der Waals surface area contributed by atoms with Gasteiger partial charge in [0.1, 0.15) is 6.10 Å². The summed E-state index contributed by atoms with van der Waals surface area (Å²) in [4.78, 5) is 0. The summed E-state index contributed by atoms with van der Waals surface area (Å²) in [6.07, 6.45) is -3.88. The van der Waals surface area contributed by atoms with E-state index in [0.717, 1.165) is 0 Å². The van der Waals surface area contributed by atoms with Crippen LogP contribution in [0.3, 0.4) is 0 Å². The number of hydrogen-bond donors (Lipinski definition) is 4. The average Bonchev–Trinajstić information content (AvgIpc) is 2.18. The maximum absolute atomic E-state index is 9.64. The van der Waals surface area contributed by atoms with Gasteiger partial charge in [0, 0.05) is 0 Å². The second-order valence-electron chi connectivity index (χ2n) is 3.88. The molecule has 0 spiro atoms. The zero-order chi connectivity index (χ0) is 11.6. The van der Waals surface area contributed by atoms with Gasteiger partial charge in [-0.25, -0.2) is 0 Å². The molecule has 15 heavy (non-hydrogen) atoms. The Morgan fingerprint density at radius 1 is 1.33 bits per heavy atom. The summed E-state index contributed by atoms with van der Waals surface area (Å²) in [5.41, 5.74) is 0. The number of hydrogen-bond acceptors (Lipinski definition) is 6. The standard InChI is InChI=1S/C9H18O5S/c1-4(2)13-9-7(12)6(11)8(15)5(3-10)14-9/h4-12,15H,3H2,1-2H3/t5-,6-,7-,8+,9?/m1/s1. The SMILES string of the molecule is CC(C)OC1O[C@H](CO)[C@H](S)[C@H](O)[C@H]1O. The number of rotatable bonds is 3. The van der Waals surface area contributed by atoms with Crippen LogP contribution in [0.25, 0.3) is 0 Å². The van der Waals surface area contributed by atoms with Crippen molar-refractivity contribution >= 4 is 12.6 Å². The van der Waals surface area contributed by atoms with Crippen LogP contribution >= 0.6 is 12.6 Å². The third-order valence-corrected chi connectivity index (χ3v) is 2.89. The summed E-state index contributed by atoms with van der Waals surface area (Å²) in [6.45, 7) is 3.32. The molecular formula is C9H18O5S. The van der Waals surface area contributed by atoms with Gasteiger partial charge in [0.05, 0.1) is 30.2 Å². The fourth-order valence-electron chi connectivity index (χ4n) is 1.45. The Labute approximate surface area is 94.4 Å². The Bertz CT molecular complexity index is 199. The first-order valence-electron chi connectivity index (χ1n) is 4.93. The molecule has 0 aromatic heterocycles. The summed E-state index contributed by atoms with van der Waals surface area (Å²) in [5.74, 6) is 0. The normalized spacial score (nSPS) is 42.2. The zero-order valence-corrected chi connectivity index (χ0v) is 9.67. The predicted octanol–water partition coefficient (Wildman–Crippen LogP) is -0.851. The molecule has 1 saturated heterocycles. The van der Waals surface area contributed by atoms with Crippen molar-refractivity contribution in [3.8, 4) is 0 Å². The lowest BCUT2D eigenvalue weighted by molar-refractivity contribution is -0.277. The van der Waals surface area contributed by atoms with Crippen molar-refractivity contribution < 1.29 is 24.8 Å². The molecule has 5 atom stereocenters. The molecule has 1 unspecified atom stereocenters. The van der Waals surface area contributed by atoms with Gasteiger partial charge in [0.2, 0.25) is 0 Å². The summed E-state index contributed by atoms with van der Waals surface area (Å²) in [5, 5.41) is 27.7. The quantitative estimate of drug-likeness (QED) is 0.482. The van der Waals surface area contributed by atoms with Crippen molar-refractivity contribution in [1.29, 1.82) is 0 Å². The molecule has 0 saturated carbocycles. The molecule has 5 nitrogen and oxygen atoms in total. The average molecular weight is 238 g/mol. The molecule has 90 valence electrons. The Hall–Kier alpha value is 0.150. The molecule has 0 bridgehead atoms. The first-order valence-corrected chi connectivity index (χ1v) is 5.45. The number of aliphatic hydroxyl groups is 3. The largest absolute Gasteiger partial charge is 0.394 e. The van der Waals surface area contributed by atoms with Crippen molar-refractivity contribution in [1.82, 2.24) is 0 Å². The minimum Gasteiger partial charge on any atom is -0.394 e. The number of aliphatic hydroxyl groups excluding tert-OH is 3. The summed E-state index contributed by atoms with van der Waals surface area (Å²) < 4.78 is 10.6. The predicted molar refractivity (Wildman–Crippen MR) is 56.8 cm³/mol. The second-order valence-corrected chi connectivity index (χ2v) is 4.48. The van der Waals surface area contributed by atoms with Crippen LogP contribution in [0.15, 0.2) is 0 Å². The lowest BCUT2D eigenvalue weighted by atomic mass is 10.0. The van der Waals surface area contributed by atoms with Crippen LogP contribution in [-0.2, 0) is 9.47 Å². The van der Waals surface area contributed by atoms with Gasteiger partial charge in [0.25, 0.3) is 0 Å². The van der Waals surface area contributed by atoms with Crippen LogP contribution in [0.2, 0.25) is 0 Å². The van der Waals surface area contributed by atoms with Crippen LogP contribution in [0.4, 0.5) is 0 Å². The Morgan fingerprint density at radius 2 is 1.93 bits per heavy atom. The Kier molecular flexibility index (Phi) is 4.82. The van der Waals surface area contributed by atoms with E-state index < -0.39 is 29.9 Å². The van der Waals surface area contributed by atoms with Crippen molar-refractivity contribution in [2.75, 3.05) is 6.61 Å². The smallest absolute Gasteiger partial charge is 0.186 e. The molecule has 6 heteroatoms. The maximum Gasteiger partial charge on any atom is 0.186 e. The van der Waals surface area contributed by atoms with E-state index in [1.165, 1.54) is 0 Å². The minimum absolute atomic E-state index is 0.132. The van der Waals surface area contributed by atoms with Gasteiger partial charge in [-0.3, -0.25) is 0 Å². The highest BCUT2D eigenvalue weighted by atomic mass is 32.1. The van der Waals surface area contributed by atoms with Gasteiger partial charge < -0.3 is 24.8 Å². The molecule has 1 fully saturated rings. The van der Waals surface area contributed by atoms with E-state index in [1.54, 1.807) is 13.8 Å². The van der Waals surface area contributed by atoms with E-state index in [9.17, 15) is 10.2 Å². The van der Waals surface area contributed by atoms with Crippen molar-refractivity contribution in [3.63, 3.8) is 0 Å². The van der Waals surface area contributed by atoms with E-state index in [-0.39, 0.29) is 12.7 Å². The monoisotopic (exact) mass is 238 g/mol. The zero-order valence-electron chi connectivity index (χ0n) is 8.78. The van der Waals surface area contributed by atoms with E-state index in [2.05, 4.69) is 12.6 Å². The fourth-order valence-corrected chi connectivity index (χ4v) is 1.79. The van der Waals surface area contributed by atoms with Gasteiger partial charge in [-0.1, -0.05) is 0 Å². The Morgan fingerprint density at radius 3 is 2.40 bits per heavy atom. The van der Waals surface area contributed by atoms with Crippen molar-refractivity contribution in [2.45, 2.75) is 49.8 Å². The summed E-state index contributed by atoms with van der Waals surface area (Å²) in [7, 11) is 0. The van der Waals surface area contributed by atoms with E-state index in [0.29, 0.717) is 0 Å². The molecule has 0 aromatic carbocycles. The molecule has 0 amide bonds. The van der Waals surface area contributed by atoms with E-state index in [4.69, 9.17) is 14.6 Å². The highest BCUT2D eigenvalue weighted by molar-refractivity contribution is 7.81. The van der Waals surface area contributed by atoms with E-state index in [1.807, 2.05) is 0 Å². The summed E-state index contributed by atoms with van der Waals surface area (Å²) in [6, 6.07) is 0. The first-order chi connectivity index (χ1) is 6.97.